The number of aliphatic hydroxyl groups is 1. The molecular weight excluding hydrogens is 234 g/mol. The van der Waals surface area contributed by atoms with E-state index < -0.39 is 17.4 Å². The van der Waals surface area contributed by atoms with Crippen molar-refractivity contribution in [3.63, 3.8) is 0 Å². The summed E-state index contributed by atoms with van der Waals surface area (Å²) in [4.78, 5) is 11.0. The Bertz CT molecular complexity index is 468. The van der Waals surface area contributed by atoms with E-state index in [2.05, 4.69) is 0 Å². The van der Waals surface area contributed by atoms with Gasteiger partial charge >= 0.3 is 5.97 Å². The van der Waals surface area contributed by atoms with Crippen LogP contribution in [0.3, 0.4) is 0 Å². The molecule has 0 spiro atoms. The molecule has 5 heteroatoms. The van der Waals surface area contributed by atoms with E-state index in [-0.39, 0.29) is 17.9 Å². The molecule has 5 nitrogen and oxygen atoms in total. The molecule has 0 saturated heterocycles. The van der Waals surface area contributed by atoms with Crippen LogP contribution in [0, 0.1) is 12.3 Å². The van der Waals surface area contributed by atoms with Gasteiger partial charge in [-0.25, -0.2) is 4.79 Å². The van der Waals surface area contributed by atoms with Crippen LogP contribution in [0.4, 0.5) is 0 Å². The minimum Gasteiger partial charge on any atom is -0.507 e. The summed E-state index contributed by atoms with van der Waals surface area (Å²) in [7, 11) is 0. The highest BCUT2D eigenvalue weighted by Gasteiger charge is 2.30. The van der Waals surface area contributed by atoms with Crippen LogP contribution in [0.2, 0.25) is 0 Å². The number of phenols is 1. The third-order valence-corrected chi connectivity index (χ3v) is 3.16. The first-order valence-electron chi connectivity index (χ1n) is 5.64. The lowest BCUT2D eigenvalue weighted by atomic mass is 9.80. The van der Waals surface area contributed by atoms with Crippen LogP contribution < -0.4 is 5.73 Å². The second kappa shape index (κ2) is 4.96. The monoisotopic (exact) mass is 253 g/mol. The summed E-state index contributed by atoms with van der Waals surface area (Å²) in [6.45, 7) is 4.95. The van der Waals surface area contributed by atoms with Gasteiger partial charge in [0.15, 0.2) is 0 Å². The van der Waals surface area contributed by atoms with Gasteiger partial charge in [0.25, 0.3) is 0 Å². The second-order valence-corrected chi connectivity index (χ2v) is 5.16. The summed E-state index contributed by atoms with van der Waals surface area (Å²) in [5.41, 5.74) is 6.22. The Hall–Kier alpha value is -1.59. The molecule has 0 aromatic heterocycles. The van der Waals surface area contributed by atoms with Crippen LogP contribution in [-0.2, 0) is 0 Å². The van der Waals surface area contributed by atoms with E-state index >= 15 is 0 Å². The molecule has 100 valence electrons. The van der Waals surface area contributed by atoms with Crippen molar-refractivity contribution >= 4 is 5.97 Å². The van der Waals surface area contributed by atoms with Gasteiger partial charge in [-0.3, -0.25) is 0 Å². The second-order valence-electron chi connectivity index (χ2n) is 5.16. The lowest BCUT2D eigenvalue weighted by Gasteiger charge is -2.30. The van der Waals surface area contributed by atoms with Crippen molar-refractivity contribution in [2.45, 2.75) is 26.8 Å². The molecule has 0 amide bonds. The fourth-order valence-electron chi connectivity index (χ4n) is 1.69. The standard InChI is InChI=1S/C13H19NO4/c1-7-4-8(12(17)18)5-9(10(7)16)11(14)13(2,3)6-15/h4-5,11,15-16H,6,14H2,1-3H3,(H,17,18)/t11-/m0/s1. The quantitative estimate of drug-likeness (QED) is 0.649. The Kier molecular flexibility index (Phi) is 3.98. The Labute approximate surface area is 106 Å². The van der Waals surface area contributed by atoms with Crippen LogP contribution in [-0.4, -0.2) is 27.9 Å². The number of hydrogen-bond acceptors (Lipinski definition) is 4. The van der Waals surface area contributed by atoms with E-state index in [1.165, 1.54) is 12.1 Å². The number of rotatable bonds is 4. The van der Waals surface area contributed by atoms with Crippen molar-refractivity contribution < 1.29 is 20.1 Å². The van der Waals surface area contributed by atoms with E-state index in [0.717, 1.165) is 0 Å². The number of carboxylic acids is 1. The first-order valence-corrected chi connectivity index (χ1v) is 5.64. The zero-order chi connectivity index (χ0) is 14.1. The van der Waals surface area contributed by atoms with Gasteiger partial charge in [-0.05, 0) is 24.6 Å². The molecule has 0 fully saturated rings. The minimum absolute atomic E-state index is 0.0194. The zero-order valence-corrected chi connectivity index (χ0v) is 10.8. The van der Waals surface area contributed by atoms with Crippen LogP contribution in [0.1, 0.15) is 41.4 Å². The van der Waals surface area contributed by atoms with Gasteiger partial charge in [-0.15, -0.1) is 0 Å². The van der Waals surface area contributed by atoms with E-state index in [0.29, 0.717) is 11.1 Å². The molecule has 0 saturated carbocycles. The molecule has 5 N–H and O–H groups in total. The van der Waals surface area contributed by atoms with Gasteiger partial charge in [0.1, 0.15) is 5.75 Å². The average molecular weight is 253 g/mol. The van der Waals surface area contributed by atoms with Crippen LogP contribution in [0.5, 0.6) is 5.75 Å². The molecule has 0 heterocycles. The summed E-state index contributed by atoms with van der Waals surface area (Å²) in [6.07, 6.45) is 0. The maximum absolute atomic E-state index is 11.0. The number of hydrogen-bond donors (Lipinski definition) is 4. The highest BCUT2D eigenvalue weighted by Crippen LogP contribution is 2.37. The van der Waals surface area contributed by atoms with Crippen molar-refractivity contribution in [3.8, 4) is 5.75 Å². The molecule has 1 rings (SSSR count). The molecule has 0 aliphatic rings. The van der Waals surface area contributed by atoms with Crippen molar-refractivity contribution in [1.82, 2.24) is 0 Å². The lowest BCUT2D eigenvalue weighted by molar-refractivity contribution is 0.0696. The SMILES string of the molecule is Cc1cc(C(=O)O)cc([C@H](N)C(C)(C)CO)c1O. The molecule has 0 unspecified atom stereocenters. The van der Waals surface area contributed by atoms with Gasteiger partial charge < -0.3 is 21.1 Å². The number of aliphatic hydroxyl groups excluding tert-OH is 1. The van der Waals surface area contributed by atoms with Crippen molar-refractivity contribution in [3.05, 3.63) is 28.8 Å². The summed E-state index contributed by atoms with van der Waals surface area (Å²) in [5.74, 6) is -1.10. The number of aromatic hydroxyl groups is 1. The molecule has 0 radical (unpaired) electrons. The molecule has 1 aromatic rings. The van der Waals surface area contributed by atoms with Gasteiger partial charge in [-0.2, -0.15) is 0 Å². The molecule has 0 aliphatic heterocycles. The number of benzene rings is 1. The lowest BCUT2D eigenvalue weighted by Crippen LogP contribution is -2.32. The van der Waals surface area contributed by atoms with Crippen LogP contribution in [0.25, 0.3) is 0 Å². The maximum atomic E-state index is 11.0. The summed E-state index contributed by atoms with van der Waals surface area (Å²) in [5, 5.41) is 28.3. The molecule has 0 aliphatic carbocycles. The Balaban J connectivity index is 3.35. The minimum atomic E-state index is -1.08. The number of aromatic carboxylic acids is 1. The smallest absolute Gasteiger partial charge is 0.335 e. The Morgan fingerprint density at radius 1 is 1.44 bits per heavy atom. The first kappa shape index (κ1) is 14.5. The van der Waals surface area contributed by atoms with Gasteiger partial charge in [0.2, 0.25) is 0 Å². The fourth-order valence-corrected chi connectivity index (χ4v) is 1.69. The normalized spacial score (nSPS) is 13.4. The molecule has 18 heavy (non-hydrogen) atoms. The topological polar surface area (TPSA) is 104 Å². The predicted octanol–water partition coefficient (Wildman–Crippen LogP) is 1.42. The van der Waals surface area contributed by atoms with E-state index in [4.69, 9.17) is 10.8 Å². The zero-order valence-electron chi connectivity index (χ0n) is 10.8. The van der Waals surface area contributed by atoms with Gasteiger partial charge in [-0.1, -0.05) is 13.8 Å². The van der Waals surface area contributed by atoms with Gasteiger partial charge in [0, 0.05) is 23.6 Å². The summed E-state index contributed by atoms with van der Waals surface area (Å²) >= 11 is 0. The number of phenolic OH excluding ortho intramolecular Hbond substituents is 1. The highest BCUT2D eigenvalue weighted by molar-refractivity contribution is 5.88. The van der Waals surface area contributed by atoms with Crippen molar-refractivity contribution in [2.75, 3.05) is 6.61 Å². The summed E-state index contributed by atoms with van der Waals surface area (Å²) < 4.78 is 0. The van der Waals surface area contributed by atoms with Gasteiger partial charge in [0.05, 0.1) is 5.56 Å². The van der Waals surface area contributed by atoms with E-state index in [1.807, 2.05) is 0 Å². The number of nitrogens with two attached hydrogens (primary N) is 1. The third kappa shape index (κ3) is 2.63. The number of carbonyl (C=O) groups is 1. The maximum Gasteiger partial charge on any atom is 0.335 e. The first-order chi connectivity index (χ1) is 8.20. The average Bonchev–Trinajstić information content (AvgIpc) is 2.31. The predicted molar refractivity (Wildman–Crippen MR) is 67.6 cm³/mol. The molecule has 1 atom stereocenters. The largest absolute Gasteiger partial charge is 0.507 e. The Morgan fingerprint density at radius 3 is 2.44 bits per heavy atom. The summed E-state index contributed by atoms with van der Waals surface area (Å²) in [6, 6.07) is 2.09. The number of carboxylic acid groups (broad SMARTS) is 1. The molecule has 1 aromatic carbocycles. The van der Waals surface area contributed by atoms with Crippen LogP contribution in [0.15, 0.2) is 12.1 Å². The van der Waals surface area contributed by atoms with Crippen molar-refractivity contribution in [1.29, 1.82) is 0 Å². The fraction of sp³-hybridized carbons (Fsp3) is 0.462. The highest BCUT2D eigenvalue weighted by atomic mass is 16.4. The van der Waals surface area contributed by atoms with Crippen molar-refractivity contribution in [2.24, 2.45) is 11.1 Å². The molecular formula is C13H19NO4. The van der Waals surface area contributed by atoms with E-state index in [1.54, 1.807) is 20.8 Å². The third-order valence-electron chi connectivity index (χ3n) is 3.16. The van der Waals surface area contributed by atoms with Crippen LogP contribution >= 0.6 is 0 Å². The Morgan fingerprint density at radius 2 is 2.00 bits per heavy atom. The van der Waals surface area contributed by atoms with E-state index in [9.17, 15) is 15.0 Å². The molecule has 0 bridgehead atoms. The number of aryl methyl sites for hydroxylation is 1.